The predicted octanol–water partition coefficient (Wildman–Crippen LogP) is 3.98. The fraction of sp³-hybridized carbons (Fsp3) is 0.500. The molecule has 0 aliphatic rings. The molecule has 1 aromatic rings. The molecule has 0 radical (unpaired) electrons. The lowest BCUT2D eigenvalue weighted by Gasteiger charge is -2.22. The third kappa shape index (κ3) is 6.84. The Bertz CT molecular complexity index is 466. The molecule has 3 nitrogen and oxygen atoms in total. The van der Waals surface area contributed by atoms with Crippen molar-refractivity contribution in [1.29, 1.82) is 0 Å². The van der Waals surface area contributed by atoms with Crippen LogP contribution >= 0.6 is 15.9 Å². The van der Waals surface area contributed by atoms with E-state index < -0.39 is 18.6 Å². The second kappa shape index (κ2) is 8.26. The summed E-state index contributed by atoms with van der Waals surface area (Å²) in [6, 6.07) is 7.15. The van der Waals surface area contributed by atoms with Crippen LogP contribution < -0.4 is 5.32 Å². The number of hydrogen-bond donors (Lipinski definition) is 1. The van der Waals surface area contributed by atoms with Gasteiger partial charge in [0, 0.05) is 24.1 Å². The number of carbonyl (C=O) groups is 1. The first-order chi connectivity index (χ1) is 9.83. The first-order valence-corrected chi connectivity index (χ1v) is 7.45. The van der Waals surface area contributed by atoms with Gasteiger partial charge in [0.1, 0.15) is 0 Å². The number of nitrogens with zero attached hydrogens (tertiary/aromatic N) is 1. The molecule has 118 valence electrons. The summed E-state index contributed by atoms with van der Waals surface area (Å²) in [6.07, 6.45) is -4.62. The monoisotopic (exact) mass is 366 g/mol. The Hall–Kier alpha value is -1.24. The molecule has 2 amide bonds. The van der Waals surface area contributed by atoms with Crippen molar-refractivity contribution < 1.29 is 18.0 Å². The molecule has 0 aliphatic heterocycles. The Morgan fingerprint density at radius 2 is 2.00 bits per heavy atom. The smallest absolute Gasteiger partial charge is 0.338 e. The van der Waals surface area contributed by atoms with E-state index in [9.17, 15) is 18.0 Å². The average Bonchev–Trinajstić information content (AvgIpc) is 2.40. The summed E-state index contributed by atoms with van der Waals surface area (Å²) in [7, 11) is 0. The first-order valence-electron chi connectivity index (χ1n) is 6.66. The molecule has 0 unspecified atom stereocenters. The zero-order valence-electron chi connectivity index (χ0n) is 11.7. The third-order valence-corrected chi connectivity index (χ3v) is 3.74. The van der Waals surface area contributed by atoms with Gasteiger partial charge >= 0.3 is 12.2 Å². The van der Waals surface area contributed by atoms with Crippen molar-refractivity contribution in [1.82, 2.24) is 10.2 Å². The minimum Gasteiger partial charge on any atom is -0.338 e. The van der Waals surface area contributed by atoms with E-state index in [0.29, 0.717) is 13.0 Å². The lowest BCUT2D eigenvalue weighted by Crippen LogP contribution is -2.42. The topological polar surface area (TPSA) is 32.3 Å². The Morgan fingerprint density at radius 3 is 2.57 bits per heavy atom. The Morgan fingerprint density at radius 1 is 1.33 bits per heavy atom. The van der Waals surface area contributed by atoms with Crippen molar-refractivity contribution >= 4 is 22.0 Å². The summed E-state index contributed by atoms with van der Waals surface area (Å²) in [5, 5.41) is 2.64. The van der Waals surface area contributed by atoms with Crippen LogP contribution in [0.1, 0.15) is 18.9 Å². The summed E-state index contributed by atoms with van der Waals surface area (Å²) in [6.45, 7) is 1.96. The summed E-state index contributed by atoms with van der Waals surface area (Å²) in [5.41, 5.74) is 1.04. The largest absolute Gasteiger partial charge is 0.390 e. The van der Waals surface area contributed by atoms with Crippen molar-refractivity contribution in [3.05, 3.63) is 34.3 Å². The minimum absolute atomic E-state index is 0.247. The van der Waals surface area contributed by atoms with Crippen LogP contribution in [0.3, 0.4) is 0 Å². The van der Waals surface area contributed by atoms with Crippen LogP contribution in [0.25, 0.3) is 0 Å². The van der Waals surface area contributed by atoms with Gasteiger partial charge in [-0.05, 0) is 25.0 Å². The number of rotatable bonds is 6. The van der Waals surface area contributed by atoms with Crippen molar-refractivity contribution in [3.8, 4) is 0 Å². The molecule has 0 saturated carbocycles. The normalized spacial score (nSPS) is 11.3. The van der Waals surface area contributed by atoms with Gasteiger partial charge in [0.15, 0.2) is 0 Å². The van der Waals surface area contributed by atoms with Crippen molar-refractivity contribution in [2.45, 2.75) is 25.9 Å². The molecule has 1 rings (SSSR count). The van der Waals surface area contributed by atoms with E-state index in [1.165, 1.54) is 0 Å². The zero-order valence-corrected chi connectivity index (χ0v) is 13.3. The van der Waals surface area contributed by atoms with E-state index >= 15 is 0 Å². The minimum atomic E-state index is -4.25. The van der Waals surface area contributed by atoms with E-state index in [-0.39, 0.29) is 13.1 Å². The molecule has 0 atom stereocenters. The molecular weight excluding hydrogens is 349 g/mol. The molecule has 0 saturated heterocycles. The molecule has 1 N–H and O–H groups in total. The van der Waals surface area contributed by atoms with Gasteiger partial charge in [-0.2, -0.15) is 13.2 Å². The van der Waals surface area contributed by atoms with Crippen LogP contribution in [0.15, 0.2) is 28.7 Å². The van der Waals surface area contributed by atoms with Crippen molar-refractivity contribution in [2.24, 2.45) is 0 Å². The fourth-order valence-electron chi connectivity index (χ4n) is 1.78. The van der Waals surface area contributed by atoms with E-state index in [0.717, 1.165) is 14.9 Å². The van der Waals surface area contributed by atoms with Crippen LogP contribution in [-0.2, 0) is 6.42 Å². The highest BCUT2D eigenvalue weighted by atomic mass is 79.9. The maximum atomic E-state index is 12.2. The fourth-order valence-corrected chi connectivity index (χ4v) is 2.27. The Kier molecular flexibility index (Phi) is 7.01. The van der Waals surface area contributed by atoms with Crippen LogP contribution in [0.4, 0.5) is 18.0 Å². The zero-order chi connectivity index (χ0) is 15.9. The van der Waals surface area contributed by atoms with Crippen LogP contribution in [-0.4, -0.2) is 36.7 Å². The Labute approximate surface area is 130 Å². The van der Waals surface area contributed by atoms with Crippen molar-refractivity contribution in [3.63, 3.8) is 0 Å². The predicted molar refractivity (Wildman–Crippen MR) is 79.2 cm³/mol. The third-order valence-electron chi connectivity index (χ3n) is 2.96. The highest BCUT2D eigenvalue weighted by Gasteiger charge is 2.28. The highest BCUT2D eigenvalue weighted by Crippen LogP contribution is 2.19. The summed E-state index contributed by atoms with van der Waals surface area (Å²) in [4.78, 5) is 13.0. The molecular formula is C14H18BrF3N2O. The molecule has 0 fully saturated rings. The quantitative estimate of drug-likeness (QED) is 0.811. The number of urea groups is 1. The summed E-state index contributed by atoms with van der Waals surface area (Å²) >= 11 is 3.40. The summed E-state index contributed by atoms with van der Waals surface area (Å²) < 4.78 is 37.5. The molecule has 0 aliphatic carbocycles. The number of nitrogens with one attached hydrogen (secondary N) is 1. The number of alkyl halides is 3. The summed E-state index contributed by atoms with van der Waals surface area (Å²) in [5.74, 6) is 0. The average molecular weight is 367 g/mol. The van der Waals surface area contributed by atoms with Gasteiger partial charge in [-0.25, -0.2) is 4.79 Å². The van der Waals surface area contributed by atoms with E-state index in [1.54, 1.807) is 6.92 Å². The molecule has 0 heterocycles. The van der Waals surface area contributed by atoms with E-state index in [2.05, 4.69) is 21.2 Å². The van der Waals surface area contributed by atoms with Gasteiger partial charge < -0.3 is 10.2 Å². The Balaban J connectivity index is 2.39. The number of halogens is 4. The van der Waals surface area contributed by atoms with Gasteiger partial charge in [0.25, 0.3) is 0 Å². The number of carbonyl (C=O) groups excluding carboxylic acids is 1. The van der Waals surface area contributed by atoms with E-state index in [1.807, 2.05) is 24.3 Å². The molecule has 0 bridgehead atoms. The van der Waals surface area contributed by atoms with Gasteiger partial charge in [0.2, 0.25) is 0 Å². The molecule has 0 aromatic heterocycles. The van der Waals surface area contributed by atoms with Gasteiger partial charge in [-0.3, -0.25) is 0 Å². The lowest BCUT2D eigenvalue weighted by molar-refractivity contribution is -0.136. The maximum Gasteiger partial charge on any atom is 0.390 e. The van der Waals surface area contributed by atoms with Crippen LogP contribution in [0, 0.1) is 0 Å². The second-order valence-corrected chi connectivity index (χ2v) is 5.37. The van der Waals surface area contributed by atoms with Crippen molar-refractivity contribution in [2.75, 3.05) is 19.6 Å². The van der Waals surface area contributed by atoms with E-state index in [4.69, 9.17) is 0 Å². The number of benzene rings is 1. The number of hydrogen-bond acceptors (Lipinski definition) is 1. The molecule has 7 heteroatoms. The maximum absolute atomic E-state index is 12.2. The second-order valence-electron chi connectivity index (χ2n) is 4.52. The van der Waals surface area contributed by atoms with Gasteiger partial charge in [-0.15, -0.1) is 0 Å². The van der Waals surface area contributed by atoms with Crippen LogP contribution in [0.5, 0.6) is 0 Å². The van der Waals surface area contributed by atoms with Gasteiger partial charge in [0.05, 0.1) is 6.42 Å². The lowest BCUT2D eigenvalue weighted by atomic mass is 10.1. The standard InChI is InChI=1S/C14H18BrF3N2O/c1-2-20(10-8-14(16,17)18)13(21)19-9-7-11-5-3-4-6-12(11)15/h3-6H,2,7-10H2,1H3,(H,19,21). The highest BCUT2D eigenvalue weighted by molar-refractivity contribution is 9.10. The van der Waals surface area contributed by atoms with Gasteiger partial charge in [-0.1, -0.05) is 34.1 Å². The molecule has 21 heavy (non-hydrogen) atoms. The molecule has 0 spiro atoms. The number of amides is 2. The van der Waals surface area contributed by atoms with Crippen LogP contribution in [0.2, 0.25) is 0 Å². The first kappa shape index (κ1) is 17.8. The molecule has 1 aromatic carbocycles. The SMILES string of the molecule is CCN(CCC(F)(F)F)C(=O)NCCc1ccccc1Br.